The van der Waals surface area contributed by atoms with Gasteiger partial charge in [0.1, 0.15) is 5.76 Å². The Morgan fingerprint density at radius 1 is 1.15 bits per heavy atom. The summed E-state index contributed by atoms with van der Waals surface area (Å²) < 4.78 is 15.6. The lowest BCUT2D eigenvalue weighted by Gasteiger charge is -2.34. The summed E-state index contributed by atoms with van der Waals surface area (Å²) in [6.45, 7) is 5.53. The summed E-state index contributed by atoms with van der Waals surface area (Å²) in [5, 5.41) is 6.54. The summed E-state index contributed by atoms with van der Waals surface area (Å²) in [6, 6.07) is 7.49. The van der Waals surface area contributed by atoms with E-state index < -0.39 is 0 Å². The molecular weight excluding hydrogens is 336 g/mol. The van der Waals surface area contributed by atoms with E-state index in [1.54, 1.807) is 32.1 Å². The number of nitrogens with zero attached hydrogens (tertiary/aromatic N) is 3. The number of aromatic nitrogens is 1. The zero-order chi connectivity index (χ0) is 18.5. The van der Waals surface area contributed by atoms with Crippen molar-refractivity contribution in [3.05, 3.63) is 35.6 Å². The summed E-state index contributed by atoms with van der Waals surface area (Å²) in [4.78, 5) is 16.4. The highest BCUT2D eigenvalue weighted by Crippen LogP contribution is 2.28. The Morgan fingerprint density at radius 2 is 1.88 bits per heavy atom. The van der Waals surface area contributed by atoms with Crippen LogP contribution < -0.4 is 14.8 Å². The fraction of sp³-hybridized carbons (Fsp3) is 0.444. The zero-order valence-electron chi connectivity index (χ0n) is 15.3. The van der Waals surface area contributed by atoms with E-state index in [4.69, 9.17) is 14.0 Å². The van der Waals surface area contributed by atoms with E-state index in [9.17, 15) is 4.79 Å². The minimum Gasteiger partial charge on any atom is -0.493 e. The van der Waals surface area contributed by atoms with Crippen molar-refractivity contribution < 1.29 is 18.8 Å². The highest BCUT2D eigenvalue weighted by atomic mass is 16.5. The quantitative estimate of drug-likeness (QED) is 0.882. The van der Waals surface area contributed by atoms with Gasteiger partial charge in [0.25, 0.3) is 0 Å². The summed E-state index contributed by atoms with van der Waals surface area (Å²) in [5.74, 6) is 2.56. The number of hydrogen-bond acceptors (Lipinski definition) is 6. The maximum Gasteiger partial charge on any atom is 0.323 e. The lowest BCUT2D eigenvalue weighted by molar-refractivity contribution is 0.143. The molecule has 1 aliphatic rings. The molecule has 2 heterocycles. The van der Waals surface area contributed by atoms with Crippen LogP contribution in [0.3, 0.4) is 0 Å². The largest absolute Gasteiger partial charge is 0.493 e. The molecule has 0 atom stereocenters. The lowest BCUT2D eigenvalue weighted by Crippen LogP contribution is -2.49. The number of carbonyl (C=O) groups is 1. The molecule has 1 N–H and O–H groups in total. The van der Waals surface area contributed by atoms with E-state index in [0.29, 0.717) is 24.7 Å². The van der Waals surface area contributed by atoms with Crippen LogP contribution in [0.4, 0.5) is 10.6 Å². The number of rotatable bonds is 5. The van der Waals surface area contributed by atoms with Gasteiger partial charge in [-0.05, 0) is 24.6 Å². The van der Waals surface area contributed by atoms with Crippen molar-refractivity contribution in [2.75, 3.05) is 45.7 Å². The van der Waals surface area contributed by atoms with Gasteiger partial charge in [0, 0.05) is 38.8 Å². The lowest BCUT2D eigenvalue weighted by atomic mass is 10.1. The fourth-order valence-corrected chi connectivity index (χ4v) is 2.96. The maximum absolute atomic E-state index is 12.3. The van der Waals surface area contributed by atoms with E-state index in [1.165, 1.54) is 0 Å². The van der Waals surface area contributed by atoms with Gasteiger partial charge in [0.05, 0.1) is 14.2 Å². The molecule has 0 saturated carbocycles. The summed E-state index contributed by atoms with van der Waals surface area (Å²) in [7, 11) is 3.26. The number of aryl methyl sites for hydroxylation is 1. The molecule has 1 saturated heterocycles. The second-order valence-corrected chi connectivity index (χ2v) is 6.21. The number of methoxy groups -OCH3 is 2. The third kappa shape index (κ3) is 4.26. The highest BCUT2D eigenvalue weighted by molar-refractivity contribution is 5.88. The van der Waals surface area contributed by atoms with Crippen molar-refractivity contribution >= 4 is 11.8 Å². The van der Waals surface area contributed by atoms with Crippen LogP contribution >= 0.6 is 0 Å². The van der Waals surface area contributed by atoms with Gasteiger partial charge in [-0.3, -0.25) is 10.2 Å². The molecule has 1 aliphatic heterocycles. The Kier molecular flexibility index (Phi) is 5.62. The highest BCUT2D eigenvalue weighted by Gasteiger charge is 2.22. The van der Waals surface area contributed by atoms with E-state index in [1.807, 2.05) is 18.2 Å². The Morgan fingerprint density at radius 3 is 2.50 bits per heavy atom. The Hall–Kier alpha value is -2.74. The second-order valence-electron chi connectivity index (χ2n) is 6.21. The SMILES string of the molecule is COc1ccc(CN2CCN(C(=O)Nc3cc(C)on3)CC2)cc1OC. The number of hydrogen-bond donors (Lipinski definition) is 1. The number of piperazine rings is 1. The van der Waals surface area contributed by atoms with Crippen LogP contribution in [0.5, 0.6) is 11.5 Å². The molecule has 0 aliphatic carbocycles. The molecular formula is C18H24N4O4. The first-order valence-corrected chi connectivity index (χ1v) is 8.51. The van der Waals surface area contributed by atoms with Crippen molar-refractivity contribution in [3.8, 4) is 11.5 Å². The van der Waals surface area contributed by atoms with Crippen LogP contribution in [0.1, 0.15) is 11.3 Å². The molecule has 26 heavy (non-hydrogen) atoms. The molecule has 1 aromatic heterocycles. The number of benzene rings is 1. The molecule has 1 aromatic carbocycles. The van der Waals surface area contributed by atoms with Crippen LogP contribution in [0.15, 0.2) is 28.8 Å². The van der Waals surface area contributed by atoms with Crippen LogP contribution in [0.25, 0.3) is 0 Å². The third-order valence-electron chi connectivity index (χ3n) is 4.38. The van der Waals surface area contributed by atoms with Gasteiger partial charge in [-0.25, -0.2) is 4.79 Å². The van der Waals surface area contributed by atoms with Gasteiger partial charge in [-0.15, -0.1) is 0 Å². The van der Waals surface area contributed by atoms with E-state index in [2.05, 4.69) is 15.4 Å². The molecule has 8 heteroatoms. The second kappa shape index (κ2) is 8.09. The fourth-order valence-electron chi connectivity index (χ4n) is 2.96. The van der Waals surface area contributed by atoms with Gasteiger partial charge in [0.2, 0.25) is 0 Å². The first-order valence-electron chi connectivity index (χ1n) is 8.51. The van der Waals surface area contributed by atoms with E-state index in [-0.39, 0.29) is 6.03 Å². The molecule has 140 valence electrons. The van der Waals surface area contributed by atoms with Gasteiger partial charge in [-0.1, -0.05) is 11.2 Å². The first-order chi connectivity index (χ1) is 12.6. The molecule has 2 aromatic rings. The molecule has 3 rings (SSSR count). The smallest absolute Gasteiger partial charge is 0.323 e. The normalized spacial score (nSPS) is 15.0. The molecule has 0 bridgehead atoms. The summed E-state index contributed by atoms with van der Waals surface area (Å²) in [5.41, 5.74) is 1.15. The average molecular weight is 360 g/mol. The molecule has 8 nitrogen and oxygen atoms in total. The van der Waals surface area contributed by atoms with Gasteiger partial charge < -0.3 is 18.9 Å². The van der Waals surface area contributed by atoms with Crippen LogP contribution in [-0.2, 0) is 6.54 Å². The minimum atomic E-state index is -0.149. The Balaban J connectivity index is 1.51. The molecule has 1 fully saturated rings. The van der Waals surface area contributed by atoms with Crippen LogP contribution in [0.2, 0.25) is 0 Å². The maximum atomic E-state index is 12.3. The van der Waals surface area contributed by atoms with Crippen molar-refractivity contribution in [1.29, 1.82) is 0 Å². The van der Waals surface area contributed by atoms with Crippen LogP contribution in [-0.4, -0.2) is 61.4 Å². The number of anilines is 1. The predicted molar refractivity (Wildman–Crippen MR) is 96.7 cm³/mol. The third-order valence-corrected chi connectivity index (χ3v) is 4.38. The number of amides is 2. The molecule has 0 spiro atoms. The number of nitrogens with one attached hydrogen (secondary N) is 1. The topological polar surface area (TPSA) is 80.1 Å². The molecule has 2 amide bonds. The van der Waals surface area contributed by atoms with Crippen molar-refractivity contribution in [2.24, 2.45) is 0 Å². The van der Waals surface area contributed by atoms with Crippen molar-refractivity contribution in [3.63, 3.8) is 0 Å². The van der Waals surface area contributed by atoms with E-state index in [0.717, 1.165) is 36.7 Å². The van der Waals surface area contributed by atoms with Gasteiger partial charge in [-0.2, -0.15) is 0 Å². The average Bonchev–Trinajstić information content (AvgIpc) is 3.06. The zero-order valence-corrected chi connectivity index (χ0v) is 15.3. The summed E-state index contributed by atoms with van der Waals surface area (Å²) >= 11 is 0. The van der Waals surface area contributed by atoms with Gasteiger partial charge >= 0.3 is 6.03 Å². The van der Waals surface area contributed by atoms with Crippen molar-refractivity contribution in [1.82, 2.24) is 15.0 Å². The summed E-state index contributed by atoms with van der Waals surface area (Å²) in [6.07, 6.45) is 0. The Labute approximate surface area is 152 Å². The number of ether oxygens (including phenoxy) is 2. The van der Waals surface area contributed by atoms with E-state index >= 15 is 0 Å². The molecule has 0 radical (unpaired) electrons. The first kappa shape index (κ1) is 18.1. The predicted octanol–water partition coefficient (Wildman–Crippen LogP) is 2.35. The number of carbonyl (C=O) groups excluding carboxylic acids is 1. The number of urea groups is 1. The molecule has 0 unspecified atom stereocenters. The van der Waals surface area contributed by atoms with Crippen molar-refractivity contribution in [2.45, 2.75) is 13.5 Å². The standard InChI is InChI=1S/C18H24N4O4/c1-13-10-17(20-26-13)19-18(23)22-8-6-21(7-9-22)12-14-4-5-15(24-2)16(11-14)25-3/h4-5,10-11H,6-9,12H2,1-3H3,(H,19,20,23). The minimum absolute atomic E-state index is 0.149. The van der Waals surface area contributed by atoms with Crippen LogP contribution in [0, 0.1) is 6.92 Å². The van der Waals surface area contributed by atoms with Gasteiger partial charge in [0.15, 0.2) is 17.3 Å². The Bertz CT molecular complexity index is 753. The monoisotopic (exact) mass is 360 g/mol.